The van der Waals surface area contributed by atoms with E-state index in [0.717, 1.165) is 16.3 Å². The normalized spacial score (nSPS) is 20.0. The molecule has 1 atom stereocenters. The molecule has 0 saturated carbocycles. The van der Waals surface area contributed by atoms with Gasteiger partial charge in [0.25, 0.3) is 0 Å². The molecule has 1 aliphatic rings. The molecule has 1 aliphatic heterocycles. The van der Waals surface area contributed by atoms with Gasteiger partial charge in [-0.1, -0.05) is 42.5 Å². The summed E-state index contributed by atoms with van der Waals surface area (Å²) in [5.41, 5.74) is 0.140. The number of rotatable bonds is 2. The number of amides is 1. The van der Waals surface area contributed by atoms with Crippen LogP contribution >= 0.6 is 0 Å². The van der Waals surface area contributed by atoms with E-state index in [0.29, 0.717) is 10.7 Å². The molecular weight excluding hydrogens is 342 g/mol. The predicted octanol–water partition coefficient (Wildman–Crippen LogP) is 3.26. The number of benzene rings is 2. The van der Waals surface area contributed by atoms with Gasteiger partial charge in [-0.25, -0.2) is 4.79 Å². The molecular formula is C18H21NO5S. The number of hydrogen-bond acceptors (Lipinski definition) is 5. The van der Waals surface area contributed by atoms with Gasteiger partial charge in [-0.2, -0.15) is 12.7 Å². The Hall–Kier alpha value is -2.12. The average Bonchev–Trinajstić information content (AvgIpc) is 2.80. The molecule has 0 spiro atoms. The Morgan fingerprint density at radius 1 is 1.20 bits per heavy atom. The van der Waals surface area contributed by atoms with Gasteiger partial charge in [0, 0.05) is 0 Å². The molecule has 2 aromatic carbocycles. The Kier molecular flexibility index (Phi) is 4.47. The van der Waals surface area contributed by atoms with Crippen LogP contribution in [0.3, 0.4) is 0 Å². The van der Waals surface area contributed by atoms with Crippen molar-refractivity contribution < 1.29 is 22.1 Å². The molecule has 0 radical (unpaired) electrons. The summed E-state index contributed by atoms with van der Waals surface area (Å²) in [6.45, 7) is 4.99. The SMILES string of the molecule is CC(C)(C)OC(=O)N1C(Cc2ccc3ccccc3c2)COS1(=O)=O. The largest absolute Gasteiger partial charge is 0.443 e. The molecule has 7 heteroatoms. The molecule has 134 valence electrons. The lowest BCUT2D eigenvalue weighted by Crippen LogP contribution is -2.43. The molecule has 0 aromatic heterocycles. The Balaban J connectivity index is 1.85. The van der Waals surface area contributed by atoms with Crippen molar-refractivity contribution in [2.24, 2.45) is 0 Å². The molecule has 1 saturated heterocycles. The van der Waals surface area contributed by atoms with Crippen LogP contribution in [0.15, 0.2) is 42.5 Å². The monoisotopic (exact) mass is 363 g/mol. The molecule has 0 aliphatic carbocycles. The van der Waals surface area contributed by atoms with Crippen LogP contribution in [0.2, 0.25) is 0 Å². The summed E-state index contributed by atoms with van der Waals surface area (Å²) in [4.78, 5) is 12.3. The minimum atomic E-state index is -4.11. The summed E-state index contributed by atoms with van der Waals surface area (Å²) in [7, 11) is -4.11. The zero-order valence-corrected chi connectivity index (χ0v) is 15.2. The van der Waals surface area contributed by atoms with E-state index in [1.54, 1.807) is 20.8 Å². The van der Waals surface area contributed by atoms with E-state index >= 15 is 0 Å². The summed E-state index contributed by atoms with van der Waals surface area (Å²) in [5, 5.41) is 2.16. The van der Waals surface area contributed by atoms with Gasteiger partial charge >= 0.3 is 16.4 Å². The fourth-order valence-electron chi connectivity index (χ4n) is 2.80. The van der Waals surface area contributed by atoms with E-state index in [1.807, 2.05) is 42.5 Å². The first-order valence-electron chi connectivity index (χ1n) is 8.05. The highest BCUT2D eigenvalue weighted by molar-refractivity contribution is 7.85. The second kappa shape index (κ2) is 6.31. The van der Waals surface area contributed by atoms with E-state index in [-0.39, 0.29) is 6.61 Å². The van der Waals surface area contributed by atoms with Gasteiger partial charge in [-0.15, -0.1) is 0 Å². The van der Waals surface area contributed by atoms with Crippen LogP contribution in [0.1, 0.15) is 26.3 Å². The lowest BCUT2D eigenvalue weighted by molar-refractivity contribution is 0.0357. The zero-order chi connectivity index (χ0) is 18.2. The minimum absolute atomic E-state index is 0.0750. The van der Waals surface area contributed by atoms with E-state index in [1.165, 1.54) is 0 Å². The minimum Gasteiger partial charge on any atom is -0.443 e. The highest BCUT2D eigenvalue weighted by atomic mass is 32.2. The molecule has 0 bridgehead atoms. The maximum Gasteiger partial charge on any atom is 0.426 e. The number of fused-ring (bicyclic) bond motifs is 1. The predicted molar refractivity (Wildman–Crippen MR) is 94.4 cm³/mol. The molecule has 1 amide bonds. The van der Waals surface area contributed by atoms with Crippen molar-refractivity contribution in [3.8, 4) is 0 Å². The van der Waals surface area contributed by atoms with Gasteiger partial charge in [0.05, 0.1) is 12.6 Å². The number of ether oxygens (including phenoxy) is 1. The summed E-state index contributed by atoms with van der Waals surface area (Å²) in [6, 6.07) is 13.2. The molecule has 1 heterocycles. The fourth-order valence-corrected chi connectivity index (χ4v) is 3.96. The summed E-state index contributed by atoms with van der Waals surface area (Å²) < 4.78 is 35.0. The highest BCUT2D eigenvalue weighted by Crippen LogP contribution is 2.26. The molecule has 2 aromatic rings. The number of carbonyl (C=O) groups excluding carboxylic acids is 1. The third-order valence-electron chi connectivity index (χ3n) is 3.84. The first-order chi connectivity index (χ1) is 11.7. The topological polar surface area (TPSA) is 72.9 Å². The van der Waals surface area contributed by atoms with Gasteiger partial charge in [0.15, 0.2) is 0 Å². The number of carbonyl (C=O) groups is 1. The van der Waals surface area contributed by atoms with E-state index in [9.17, 15) is 13.2 Å². The molecule has 0 N–H and O–H groups in total. The summed E-state index contributed by atoms with van der Waals surface area (Å²) in [6.07, 6.45) is -0.542. The van der Waals surface area contributed by atoms with Gasteiger partial charge < -0.3 is 4.74 Å². The number of hydrogen-bond donors (Lipinski definition) is 0. The van der Waals surface area contributed by atoms with Gasteiger partial charge in [-0.05, 0) is 43.5 Å². The van der Waals surface area contributed by atoms with Crippen molar-refractivity contribution >= 4 is 27.2 Å². The van der Waals surface area contributed by atoms with E-state index in [2.05, 4.69) is 0 Å². The first kappa shape index (κ1) is 17.7. The van der Waals surface area contributed by atoms with Crippen LogP contribution in [0.25, 0.3) is 10.8 Å². The Morgan fingerprint density at radius 3 is 2.56 bits per heavy atom. The van der Waals surface area contributed by atoms with Crippen molar-refractivity contribution in [3.63, 3.8) is 0 Å². The average molecular weight is 363 g/mol. The molecule has 25 heavy (non-hydrogen) atoms. The Bertz CT molecular complexity index is 901. The van der Waals surface area contributed by atoms with Crippen molar-refractivity contribution in [2.75, 3.05) is 6.61 Å². The quantitative estimate of drug-likeness (QED) is 0.819. The summed E-state index contributed by atoms with van der Waals surface area (Å²) >= 11 is 0. The first-order valence-corrected chi connectivity index (χ1v) is 9.42. The lowest BCUT2D eigenvalue weighted by Gasteiger charge is -2.26. The second-order valence-corrected chi connectivity index (χ2v) is 8.54. The number of nitrogens with zero attached hydrogens (tertiary/aromatic N) is 1. The van der Waals surface area contributed by atoms with Crippen LogP contribution in [-0.2, 0) is 25.6 Å². The third-order valence-corrected chi connectivity index (χ3v) is 5.20. The van der Waals surface area contributed by atoms with Gasteiger partial charge in [-0.3, -0.25) is 4.18 Å². The van der Waals surface area contributed by atoms with E-state index in [4.69, 9.17) is 8.92 Å². The smallest absolute Gasteiger partial charge is 0.426 e. The van der Waals surface area contributed by atoms with Crippen LogP contribution in [0.4, 0.5) is 4.79 Å². The standard InChI is InChI=1S/C18H21NO5S/c1-18(2,3)24-17(20)19-16(12-23-25(19,21)22)11-13-8-9-14-6-4-5-7-15(14)10-13/h4-10,16H,11-12H2,1-3H3. The maximum absolute atomic E-state index is 12.3. The van der Waals surface area contributed by atoms with Gasteiger partial charge in [0.2, 0.25) is 0 Å². The fraction of sp³-hybridized carbons (Fsp3) is 0.389. The maximum atomic E-state index is 12.3. The molecule has 3 rings (SSSR count). The van der Waals surface area contributed by atoms with Gasteiger partial charge in [0.1, 0.15) is 5.60 Å². The second-order valence-electron chi connectivity index (χ2n) is 7.06. The van der Waals surface area contributed by atoms with E-state index < -0.39 is 28.0 Å². The zero-order valence-electron chi connectivity index (χ0n) is 14.4. The Morgan fingerprint density at radius 2 is 1.88 bits per heavy atom. The molecule has 1 fully saturated rings. The van der Waals surface area contributed by atoms with Crippen LogP contribution in [0.5, 0.6) is 0 Å². The summed E-state index contributed by atoms with van der Waals surface area (Å²) in [5.74, 6) is 0. The van der Waals surface area contributed by atoms with Crippen molar-refractivity contribution in [1.82, 2.24) is 4.31 Å². The van der Waals surface area contributed by atoms with Crippen LogP contribution in [-0.4, -0.2) is 37.1 Å². The highest BCUT2D eigenvalue weighted by Gasteiger charge is 2.44. The van der Waals surface area contributed by atoms with Crippen LogP contribution < -0.4 is 0 Å². The van der Waals surface area contributed by atoms with Crippen molar-refractivity contribution in [3.05, 3.63) is 48.0 Å². The van der Waals surface area contributed by atoms with Crippen molar-refractivity contribution in [2.45, 2.75) is 38.8 Å². The van der Waals surface area contributed by atoms with Crippen LogP contribution in [0, 0.1) is 0 Å². The van der Waals surface area contributed by atoms with Crippen molar-refractivity contribution in [1.29, 1.82) is 0 Å². The molecule has 6 nitrogen and oxygen atoms in total. The Labute approximate surface area is 147 Å². The third kappa shape index (κ3) is 3.93. The molecule has 1 unspecified atom stereocenters. The lowest BCUT2D eigenvalue weighted by atomic mass is 10.0.